The van der Waals surface area contributed by atoms with Crippen molar-refractivity contribution in [3.8, 4) is 0 Å². The SMILES string of the molecule is C[C@H]1CC[C@H](c2ccc3sc(CC4(C)CCN(C)CC4)nc3c2)N(C(=O)C(=O)Nc2cncc3cn[nH]c23)C1. The molecule has 0 aliphatic carbocycles. The van der Waals surface area contributed by atoms with Gasteiger partial charge in [0, 0.05) is 24.5 Å². The third kappa shape index (κ3) is 5.27. The highest BCUT2D eigenvalue weighted by Crippen LogP contribution is 2.38. The Bertz CT molecular complexity index is 1520. The van der Waals surface area contributed by atoms with Crippen molar-refractivity contribution in [2.45, 2.75) is 52.0 Å². The van der Waals surface area contributed by atoms with E-state index in [4.69, 9.17) is 4.98 Å². The van der Waals surface area contributed by atoms with Crippen molar-refractivity contribution in [1.82, 2.24) is 30.0 Å². The molecule has 2 amide bonds. The zero-order valence-electron chi connectivity index (χ0n) is 22.7. The van der Waals surface area contributed by atoms with E-state index in [2.05, 4.69) is 64.5 Å². The van der Waals surface area contributed by atoms with E-state index in [1.54, 1.807) is 28.6 Å². The molecule has 204 valence electrons. The number of carbonyl (C=O) groups is 2. The maximum Gasteiger partial charge on any atom is 0.314 e. The molecule has 3 aromatic heterocycles. The van der Waals surface area contributed by atoms with Gasteiger partial charge in [0.1, 0.15) is 0 Å². The van der Waals surface area contributed by atoms with Gasteiger partial charge in [0.25, 0.3) is 0 Å². The number of hydrogen-bond acceptors (Lipinski definition) is 7. The van der Waals surface area contributed by atoms with E-state index in [0.717, 1.165) is 48.8 Å². The number of pyridine rings is 1. The predicted molar refractivity (Wildman–Crippen MR) is 154 cm³/mol. The average Bonchev–Trinajstić information content (AvgIpc) is 3.56. The molecule has 0 radical (unpaired) electrons. The van der Waals surface area contributed by atoms with Crippen LogP contribution in [0.5, 0.6) is 0 Å². The van der Waals surface area contributed by atoms with Gasteiger partial charge in [-0.15, -0.1) is 11.3 Å². The summed E-state index contributed by atoms with van der Waals surface area (Å²) < 4.78 is 1.17. The first-order valence-electron chi connectivity index (χ1n) is 13.7. The summed E-state index contributed by atoms with van der Waals surface area (Å²) in [6.45, 7) is 7.32. The molecule has 2 N–H and O–H groups in total. The lowest BCUT2D eigenvalue weighted by Gasteiger charge is -2.38. The van der Waals surface area contributed by atoms with Gasteiger partial charge in [0.15, 0.2) is 0 Å². The minimum atomic E-state index is -0.665. The molecule has 10 heteroatoms. The monoisotopic (exact) mass is 545 g/mol. The fourth-order valence-electron chi connectivity index (χ4n) is 5.97. The number of benzene rings is 1. The van der Waals surface area contributed by atoms with Crippen molar-refractivity contribution >= 4 is 50.0 Å². The number of nitrogens with zero attached hydrogens (tertiary/aromatic N) is 5. The maximum atomic E-state index is 13.5. The van der Waals surface area contributed by atoms with E-state index in [1.807, 2.05) is 0 Å². The highest BCUT2D eigenvalue weighted by Gasteiger charge is 2.35. The van der Waals surface area contributed by atoms with Crippen molar-refractivity contribution < 1.29 is 9.59 Å². The van der Waals surface area contributed by atoms with Gasteiger partial charge < -0.3 is 15.1 Å². The van der Waals surface area contributed by atoms with Crippen molar-refractivity contribution in [2.24, 2.45) is 11.3 Å². The van der Waals surface area contributed by atoms with Crippen LogP contribution < -0.4 is 5.32 Å². The Kier molecular flexibility index (Phi) is 6.84. The lowest BCUT2D eigenvalue weighted by molar-refractivity contribution is -0.146. The number of aromatic nitrogens is 4. The quantitative estimate of drug-likeness (QED) is 0.358. The summed E-state index contributed by atoms with van der Waals surface area (Å²) in [5, 5.41) is 11.6. The van der Waals surface area contributed by atoms with Crippen LogP contribution in [0.3, 0.4) is 0 Å². The number of likely N-dealkylation sites (tertiary alicyclic amines) is 2. The molecule has 9 nitrogen and oxygen atoms in total. The Labute approximate surface area is 232 Å². The topological polar surface area (TPSA) is 107 Å². The Hall–Kier alpha value is -3.37. The van der Waals surface area contributed by atoms with Crippen LogP contribution in [-0.2, 0) is 16.0 Å². The standard InChI is InChI=1S/C29H35N7O2S/c1-18-4-6-23(36(17-18)28(38)27(37)33-22-16-30-14-20-15-31-34-26(20)22)19-5-7-24-21(12-19)32-25(39-24)13-29(2)8-10-35(3)11-9-29/h5,7,12,14-16,18,23H,4,6,8-11,13,17H2,1-3H3,(H,31,34)(H,33,37)/t18-,23+/m0/s1. The zero-order chi connectivity index (χ0) is 27.1. The number of anilines is 1. The molecular formula is C29H35N7O2S. The summed E-state index contributed by atoms with van der Waals surface area (Å²) in [5.41, 5.74) is 3.40. The van der Waals surface area contributed by atoms with Gasteiger partial charge in [-0.2, -0.15) is 5.10 Å². The van der Waals surface area contributed by atoms with E-state index in [1.165, 1.54) is 28.7 Å². The zero-order valence-corrected chi connectivity index (χ0v) is 23.6. The number of piperidine rings is 2. The minimum Gasteiger partial charge on any atom is -0.327 e. The first-order valence-corrected chi connectivity index (χ1v) is 14.6. The summed E-state index contributed by atoms with van der Waals surface area (Å²) in [4.78, 5) is 40.0. The Morgan fingerprint density at radius 1 is 1.18 bits per heavy atom. The summed E-state index contributed by atoms with van der Waals surface area (Å²) in [6, 6.07) is 6.20. The van der Waals surface area contributed by atoms with E-state index in [-0.39, 0.29) is 11.5 Å². The first kappa shape index (κ1) is 25.9. The van der Waals surface area contributed by atoms with Crippen molar-refractivity contribution in [3.63, 3.8) is 0 Å². The fraction of sp³-hybridized carbons (Fsp3) is 0.483. The second-order valence-electron chi connectivity index (χ2n) is 11.8. The summed E-state index contributed by atoms with van der Waals surface area (Å²) >= 11 is 1.78. The van der Waals surface area contributed by atoms with Crippen LogP contribution >= 0.6 is 11.3 Å². The van der Waals surface area contributed by atoms with Crippen LogP contribution in [0.2, 0.25) is 0 Å². The van der Waals surface area contributed by atoms with Gasteiger partial charge in [-0.1, -0.05) is 19.9 Å². The Balaban J connectivity index is 1.22. The molecule has 2 atom stereocenters. The summed E-state index contributed by atoms with van der Waals surface area (Å²) in [6.07, 6.45) is 10.0. The predicted octanol–water partition coefficient (Wildman–Crippen LogP) is 4.78. The van der Waals surface area contributed by atoms with Gasteiger partial charge in [0.05, 0.1) is 44.9 Å². The Morgan fingerprint density at radius 2 is 2.00 bits per heavy atom. The van der Waals surface area contributed by atoms with Crippen molar-refractivity contribution in [3.05, 3.63) is 47.4 Å². The highest BCUT2D eigenvalue weighted by atomic mass is 32.1. The van der Waals surface area contributed by atoms with Crippen LogP contribution in [0.4, 0.5) is 5.69 Å². The lowest BCUT2D eigenvalue weighted by Crippen LogP contribution is -2.46. The molecule has 2 saturated heterocycles. The summed E-state index contributed by atoms with van der Waals surface area (Å²) in [7, 11) is 2.19. The number of hydrogen-bond donors (Lipinski definition) is 2. The van der Waals surface area contributed by atoms with Gasteiger partial charge >= 0.3 is 11.8 Å². The van der Waals surface area contributed by atoms with Crippen LogP contribution in [-0.4, -0.2) is 68.5 Å². The molecule has 4 aromatic rings. The molecule has 0 saturated carbocycles. The molecule has 1 aromatic carbocycles. The van der Waals surface area contributed by atoms with Gasteiger partial charge in [-0.05, 0) is 74.8 Å². The molecule has 2 aliphatic rings. The van der Waals surface area contributed by atoms with Gasteiger partial charge in [-0.3, -0.25) is 19.7 Å². The van der Waals surface area contributed by atoms with Gasteiger partial charge in [-0.25, -0.2) is 4.98 Å². The molecule has 2 fully saturated rings. The number of H-pyrrole nitrogens is 1. The number of aromatic amines is 1. The van der Waals surface area contributed by atoms with Crippen molar-refractivity contribution in [2.75, 3.05) is 32.0 Å². The molecule has 2 aliphatic heterocycles. The number of nitrogens with one attached hydrogen (secondary N) is 2. The summed E-state index contributed by atoms with van der Waals surface area (Å²) in [5.74, 6) is -0.876. The average molecular weight is 546 g/mol. The van der Waals surface area contributed by atoms with E-state index in [0.29, 0.717) is 23.7 Å². The number of rotatable bonds is 4. The molecule has 0 unspecified atom stereocenters. The third-order valence-electron chi connectivity index (χ3n) is 8.49. The number of amides is 2. The second kappa shape index (κ2) is 10.3. The van der Waals surface area contributed by atoms with Crippen LogP contribution in [0.25, 0.3) is 21.1 Å². The number of fused-ring (bicyclic) bond motifs is 2. The number of thiazole rings is 1. The highest BCUT2D eigenvalue weighted by molar-refractivity contribution is 7.18. The lowest BCUT2D eigenvalue weighted by atomic mass is 9.78. The molecule has 0 spiro atoms. The maximum absolute atomic E-state index is 13.5. The largest absolute Gasteiger partial charge is 0.327 e. The van der Waals surface area contributed by atoms with E-state index < -0.39 is 11.8 Å². The number of carbonyl (C=O) groups excluding carboxylic acids is 2. The van der Waals surface area contributed by atoms with Crippen LogP contribution in [0, 0.1) is 11.3 Å². The minimum absolute atomic E-state index is 0.165. The smallest absolute Gasteiger partial charge is 0.314 e. The molecule has 0 bridgehead atoms. The third-order valence-corrected chi connectivity index (χ3v) is 9.53. The van der Waals surface area contributed by atoms with Crippen LogP contribution in [0.1, 0.15) is 56.1 Å². The van der Waals surface area contributed by atoms with E-state index in [9.17, 15) is 9.59 Å². The Morgan fingerprint density at radius 3 is 2.82 bits per heavy atom. The first-order chi connectivity index (χ1) is 18.8. The van der Waals surface area contributed by atoms with E-state index >= 15 is 0 Å². The normalized spacial score (nSPS) is 21.9. The molecule has 39 heavy (non-hydrogen) atoms. The van der Waals surface area contributed by atoms with Gasteiger partial charge in [0.2, 0.25) is 0 Å². The van der Waals surface area contributed by atoms with Crippen molar-refractivity contribution in [1.29, 1.82) is 0 Å². The molecule has 6 rings (SSSR count). The molecule has 5 heterocycles. The van der Waals surface area contributed by atoms with Crippen LogP contribution in [0.15, 0.2) is 36.8 Å². The molecular weight excluding hydrogens is 510 g/mol. The fourth-order valence-corrected chi connectivity index (χ4v) is 7.13. The second-order valence-corrected chi connectivity index (χ2v) is 12.9.